The normalized spacial score (nSPS) is 10.9. The Balaban J connectivity index is 0.00000180. The van der Waals surface area contributed by atoms with Crippen molar-refractivity contribution in [1.29, 1.82) is 0 Å². The Bertz CT molecular complexity index is 623. The number of aromatic nitrogens is 2. The Labute approximate surface area is 109 Å². The molecule has 0 aliphatic rings. The highest BCUT2D eigenvalue weighted by Crippen LogP contribution is 2.31. The Morgan fingerprint density at radius 2 is 2.05 bits per heavy atom. The highest BCUT2D eigenvalue weighted by molar-refractivity contribution is 5.85. The van der Waals surface area contributed by atoms with E-state index in [-0.39, 0.29) is 29.5 Å². The number of H-pyrrole nitrogens is 1. The molecule has 0 fully saturated rings. The molecule has 104 valence electrons. The van der Waals surface area contributed by atoms with E-state index in [0.29, 0.717) is 0 Å². The van der Waals surface area contributed by atoms with E-state index in [1.165, 1.54) is 12.1 Å². The van der Waals surface area contributed by atoms with Gasteiger partial charge in [-0.3, -0.25) is 9.51 Å². The summed E-state index contributed by atoms with van der Waals surface area (Å²) in [6.45, 7) is 0. The fourth-order valence-corrected chi connectivity index (χ4v) is 1.25. The maximum atomic E-state index is 12.1. The fraction of sp³-hybridized carbons (Fsp3) is 0.111. The van der Waals surface area contributed by atoms with Crippen LogP contribution >= 0.6 is 12.4 Å². The van der Waals surface area contributed by atoms with Gasteiger partial charge in [-0.05, 0) is 18.2 Å². The highest BCUT2D eigenvalue weighted by atomic mass is 35.5. The zero-order valence-corrected chi connectivity index (χ0v) is 9.84. The van der Waals surface area contributed by atoms with E-state index in [0.717, 1.165) is 6.07 Å². The molecule has 0 saturated heterocycles. The van der Waals surface area contributed by atoms with Gasteiger partial charge in [-0.15, -0.1) is 25.6 Å². The summed E-state index contributed by atoms with van der Waals surface area (Å²) in [6, 6.07) is 3.56. The lowest BCUT2D eigenvalue weighted by atomic mass is 10.2. The van der Waals surface area contributed by atoms with Gasteiger partial charge in [0.15, 0.2) is 11.6 Å². The van der Waals surface area contributed by atoms with Crippen molar-refractivity contribution >= 4 is 18.1 Å². The van der Waals surface area contributed by atoms with E-state index in [4.69, 9.17) is 5.73 Å². The fourth-order valence-electron chi connectivity index (χ4n) is 1.25. The summed E-state index contributed by atoms with van der Waals surface area (Å²) in [6.07, 6.45) is -4.86. The quantitative estimate of drug-likeness (QED) is 0.826. The van der Waals surface area contributed by atoms with Crippen molar-refractivity contribution in [2.45, 2.75) is 6.36 Å². The topological polar surface area (TPSA) is 94.1 Å². The second kappa shape index (κ2) is 5.22. The van der Waals surface area contributed by atoms with Gasteiger partial charge in [0, 0.05) is 5.56 Å². The third kappa shape index (κ3) is 3.65. The first-order valence-electron chi connectivity index (χ1n) is 4.57. The van der Waals surface area contributed by atoms with Crippen LogP contribution in [0, 0.1) is 0 Å². The molecule has 0 atom stereocenters. The monoisotopic (exact) mass is 297 g/mol. The Hall–Kier alpha value is -2.16. The van der Waals surface area contributed by atoms with E-state index in [2.05, 4.69) is 19.4 Å². The molecule has 0 spiro atoms. The van der Waals surface area contributed by atoms with Crippen LogP contribution in [0.25, 0.3) is 11.4 Å². The van der Waals surface area contributed by atoms with Crippen LogP contribution in [0.4, 0.5) is 18.9 Å². The predicted octanol–water partition coefficient (Wildman–Crippen LogP) is 1.93. The first kappa shape index (κ1) is 14.9. The van der Waals surface area contributed by atoms with Crippen molar-refractivity contribution in [1.82, 2.24) is 10.1 Å². The Morgan fingerprint density at radius 3 is 2.58 bits per heavy atom. The van der Waals surface area contributed by atoms with Gasteiger partial charge in [0.2, 0.25) is 0 Å². The molecule has 1 heterocycles. The molecule has 0 unspecified atom stereocenters. The number of nitrogens with one attached hydrogen (secondary N) is 1. The molecule has 6 nitrogen and oxygen atoms in total. The molecule has 19 heavy (non-hydrogen) atoms. The van der Waals surface area contributed by atoms with Crippen molar-refractivity contribution < 1.29 is 22.4 Å². The summed E-state index contributed by atoms with van der Waals surface area (Å²) in [5.74, 6) is -1.42. The molecule has 0 radical (unpaired) electrons. The molecule has 10 heteroatoms. The molecule has 0 bridgehead atoms. The molecule has 1 aromatic heterocycles. The number of benzene rings is 1. The van der Waals surface area contributed by atoms with Crippen molar-refractivity contribution in [3.05, 3.63) is 28.7 Å². The molecule has 0 aliphatic carbocycles. The number of nitrogen functional groups attached to an aromatic ring is 1. The second-order valence-corrected chi connectivity index (χ2v) is 3.24. The molecular formula is C9H7ClF3N3O3. The molecule has 3 N–H and O–H groups in total. The van der Waals surface area contributed by atoms with E-state index in [1.807, 2.05) is 0 Å². The van der Waals surface area contributed by atoms with Crippen LogP contribution < -0.4 is 16.2 Å². The van der Waals surface area contributed by atoms with Crippen LogP contribution in [-0.4, -0.2) is 16.5 Å². The standard InChI is InChI=1S/C9H6F3N3O3.ClH/c10-9(11,12)17-6-3-4(1-2-5(6)13)7-14-8(16)18-15-7;/h1-3H,13H2,(H,14,15,16);1H. The minimum absolute atomic E-state index is 0. The number of alkyl halides is 3. The van der Waals surface area contributed by atoms with Crippen molar-refractivity contribution in [3.63, 3.8) is 0 Å². The maximum absolute atomic E-state index is 12.1. The lowest BCUT2D eigenvalue weighted by Crippen LogP contribution is -2.18. The summed E-state index contributed by atoms with van der Waals surface area (Å²) in [7, 11) is 0. The number of hydrogen-bond acceptors (Lipinski definition) is 5. The number of rotatable bonds is 2. The highest BCUT2D eigenvalue weighted by Gasteiger charge is 2.32. The van der Waals surface area contributed by atoms with Crippen LogP contribution in [0.2, 0.25) is 0 Å². The number of hydrogen-bond donors (Lipinski definition) is 2. The van der Waals surface area contributed by atoms with Crippen molar-refractivity contribution in [2.75, 3.05) is 5.73 Å². The lowest BCUT2D eigenvalue weighted by Gasteiger charge is -2.11. The van der Waals surface area contributed by atoms with Crippen LogP contribution in [-0.2, 0) is 0 Å². The first-order chi connectivity index (χ1) is 8.35. The molecule has 0 amide bonds. The van der Waals surface area contributed by atoms with Crippen molar-refractivity contribution in [3.8, 4) is 17.1 Å². The minimum atomic E-state index is -4.86. The molecule has 0 aliphatic heterocycles. The van der Waals surface area contributed by atoms with Crippen LogP contribution in [0.1, 0.15) is 0 Å². The maximum Gasteiger partial charge on any atom is 0.573 e. The third-order valence-corrected chi connectivity index (χ3v) is 1.95. The van der Waals surface area contributed by atoms with Gasteiger partial charge in [0.05, 0.1) is 5.69 Å². The van der Waals surface area contributed by atoms with Gasteiger partial charge in [-0.2, -0.15) is 0 Å². The minimum Gasteiger partial charge on any atom is -0.404 e. The zero-order valence-electron chi connectivity index (χ0n) is 9.02. The molecular weight excluding hydrogens is 291 g/mol. The molecule has 2 rings (SSSR count). The van der Waals surface area contributed by atoms with Crippen molar-refractivity contribution in [2.24, 2.45) is 0 Å². The first-order valence-corrected chi connectivity index (χ1v) is 4.57. The number of halogens is 4. The Morgan fingerprint density at radius 1 is 1.37 bits per heavy atom. The second-order valence-electron chi connectivity index (χ2n) is 3.24. The smallest absolute Gasteiger partial charge is 0.404 e. The van der Waals surface area contributed by atoms with E-state index >= 15 is 0 Å². The van der Waals surface area contributed by atoms with Crippen LogP contribution in [0.5, 0.6) is 5.75 Å². The lowest BCUT2D eigenvalue weighted by molar-refractivity contribution is -0.274. The Kier molecular flexibility index (Phi) is 4.10. The summed E-state index contributed by atoms with van der Waals surface area (Å²) < 4.78 is 44.2. The molecule has 2 aromatic rings. The summed E-state index contributed by atoms with van der Waals surface area (Å²) >= 11 is 0. The summed E-state index contributed by atoms with van der Waals surface area (Å²) in [4.78, 5) is 12.9. The summed E-state index contributed by atoms with van der Waals surface area (Å²) in [5.41, 5.74) is 5.32. The van der Waals surface area contributed by atoms with Gasteiger partial charge in [0.25, 0.3) is 0 Å². The van der Waals surface area contributed by atoms with Gasteiger partial charge < -0.3 is 10.5 Å². The average molecular weight is 298 g/mol. The number of aromatic amines is 1. The molecule has 0 saturated carbocycles. The number of ether oxygens (including phenoxy) is 1. The van der Waals surface area contributed by atoms with E-state index in [1.54, 1.807) is 0 Å². The number of anilines is 1. The van der Waals surface area contributed by atoms with Gasteiger partial charge in [-0.25, -0.2) is 4.79 Å². The van der Waals surface area contributed by atoms with E-state index in [9.17, 15) is 18.0 Å². The molecule has 1 aromatic carbocycles. The largest absolute Gasteiger partial charge is 0.573 e. The SMILES string of the molecule is Cl.Nc1ccc(-c2noc(=O)[nH]2)cc1OC(F)(F)F. The zero-order chi connectivity index (χ0) is 13.3. The van der Waals surface area contributed by atoms with Gasteiger partial charge in [0.1, 0.15) is 0 Å². The van der Waals surface area contributed by atoms with E-state index < -0.39 is 17.9 Å². The average Bonchev–Trinajstić information content (AvgIpc) is 2.66. The number of nitrogens with two attached hydrogens (primary N) is 1. The summed E-state index contributed by atoms with van der Waals surface area (Å²) in [5, 5.41) is 3.33. The number of nitrogens with zero attached hydrogens (tertiary/aromatic N) is 1. The predicted molar refractivity (Wildman–Crippen MR) is 60.9 cm³/mol. The third-order valence-electron chi connectivity index (χ3n) is 1.95. The van der Waals surface area contributed by atoms with Gasteiger partial charge >= 0.3 is 12.1 Å². The van der Waals surface area contributed by atoms with Gasteiger partial charge in [-0.1, -0.05) is 5.16 Å². The van der Waals surface area contributed by atoms with Crippen LogP contribution in [0.3, 0.4) is 0 Å². The van der Waals surface area contributed by atoms with Crippen LogP contribution in [0.15, 0.2) is 27.5 Å².